The first-order chi connectivity index (χ1) is 6.09. The molecule has 0 aliphatic heterocycles. The summed E-state index contributed by atoms with van der Waals surface area (Å²) in [6.45, 7) is 6.21. The summed E-state index contributed by atoms with van der Waals surface area (Å²) in [6, 6.07) is 0. The maximum absolute atomic E-state index is 9.34. The molecule has 0 amide bonds. The number of rotatable bonds is 2. The van der Waals surface area contributed by atoms with Crippen LogP contribution in [-0.2, 0) is 0 Å². The highest BCUT2D eigenvalue weighted by atomic mass is 16.3. The van der Waals surface area contributed by atoms with Gasteiger partial charge in [0, 0.05) is 0 Å². The number of aliphatic hydroxyl groups excluding tert-OH is 1. The molecular formula is C12H22O. The first-order valence-electron chi connectivity index (χ1n) is 5.46. The molecule has 76 valence electrons. The summed E-state index contributed by atoms with van der Waals surface area (Å²) < 4.78 is 0. The van der Waals surface area contributed by atoms with Gasteiger partial charge in [0.2, 0.25) is 0 Å². The zero-order valence-electron chi connectivity index (χ0n) is 9.09. The molecule has 0 saturated heterocycles. The van der Waals surface area contributed by atoms with Gasteiger partial charge in [0.1, 0.15) is 0 Å². The van der Waals surface area contributed by atoms with E-state index in [1.165, 1.54) is 25.7 Å². The molecule has 0 aromatic rings. The summed E-state index contributed by atoms with van der Waals surface area (Å²) in [6.07, 6.45) is 7.34. The van der Waals surface area contributed by atoms with E-state index in [9.17, 15) is 5.11 Å². The van der Waals surface area contributed by atoms with Crippen LogP contribution >= 0.6 is 0 Å². The molecule has 0 bridgehead atoms. The average Bonchev–Trinajstić information content (AvgIpc) is 2.08. The summed E-state index contributed by atoms with van der Waals surface area (Å²) in [7, 11) is 0. The highest BCUT2D eigenvalue weighted by Crippen LogP contribution is 2.29. The van der Waals surface area contributed by atoms with Crippen molar-refractivity contribution in [2.45, 2.75) is 52.6 Å². The van der Waals surface area contributed by atoms with E-state index in [1.54, 1.807) is 0 Å². The lowest BCUT2D eigenvalue weighted by atomic mass is 9.82. The molecule has 1 saturated carbocycles. The van der Waals surface area contributed by atoms with E-state index in [4.69, 9.17) is 0 Å². The van der Waals surface area contributed by atoms with Crippen molar-refractivity contribution in [3.8, 4) is 0 Å². The molecule has 0 radical (unpaired) electrons. The number of hydrogen-bond acceptors (Lipinski definition) is 1. The molecule has 1 aliphatic rings. The molecular weight excluding hydrogens is 160 g/mol. The lowest BCUT2D eigenvalue weighted by Crippen LogP contribution is -2.12. The fourth-order valence-electron chi connectivity index (χ4n) is 1.96. The minimum absolute atomic E-state index is 0.264. The van der Waals surface area contributed by atoms with Gasteiger partial charge >= 0.3 is 0 Å². The van der Waals surface area contributed by atoms with E-state index < -0.39 is 0 Å². The lowest BCUT2D eigenvalue weighted by molar-refractivity contribution is 0.229. The van der Waals surface area contributed by atoms with E-state index in [2.05, 4.69) is 13.0 Å². The Morgan fingerprint density at radius 1 is 1.31 bits per heavy atom. The van der Waals surface area contributed by atoms with Crippen molar-refractivity contribution < 1.29 is 5.11 Å². The van der Waals surface area contributed by atoms with Crippen LogP contribution in [0.2, 0.25) is 0 Å². The Morgan fingerprint density at radius 2 is 1.85 bits per heavy atom. The van der Waals surface area contributed by atoms with Crippen molar-refractivity contribution in [1.82, 2.24) is 0 Å². The van der Waals surface area contributed by atoms with E-state index in [0.717, 1.165) is 17.4 Å². The number of hydrogen-bond donors (Lipinski definition) is 1. The predicted octanol–water partition coefficient (Wildman–Crippen LogP) is 3.14. The second-order valence-electron chi connectivity index (χ2n) is 4.61. The molecule has 1 heteroatoms. The van der Waals surface area contributed by atoms with Gasteiger partial charge in [0.25, 0.3) is 0 Å². The minimum atomic E-state index is -0.264. The van der Waals surface area contributed by atoms with Crippen LogP contribution in [0.3, 0.4) is 0 Å². The maximum Gasteiger partial charge on any atom is 0.0719 e. The highest BCUT2D eigenvalue weighted by Gasteiger charge is 2.16. The van der Waals surface area contributed by atoms with Gasteiger partial charge in [0.05, 0.1) is 6.10 Å². The van der Waals surface area contributed by atoms with Gasteiger partial charge in [0.15, 0.2) is 0 Å². The molecule has 1 nitrogen and oxygen atoms in total. The van der Waals surface area contributed by atoms with Gasteiger partial charge in [-0.2, -0.15) is 0 Å². The van der Waals surface area contributed by atoms with Crippen LogP contribution in [0.25, 0.3) is 0 Å². The summed E-state index contributed by atoms with van der Waals surface area (Å²) in [5, 5.41) is 9.34. The van der Waals surface area contributed by atoms with E-state index in [-0.39, 0.29) is 6.10 Å². The topological polar surface area (TPSA) is 20.2 Å². The van der Waals surface area contributed by atoms with Gasteiger partial charge in [-0.3, -0.25) is 0 Å². The summed E-state index contributed by atoms with van der Waals surface area (Å²) >= 11 is 0. The van der Waals surface area contributed by atoms with Crippen molar-refractivity contribution in [2.75, 3.05) is 0 Å². The van der Waals surface area contributed by atoms with Crippen molar-refractivity contribution in [2.24, 2.45) is 11.8 Å². The van der Waals surface area contributed by atoms with Crippen LogP contribution in [0, 0.1) is 11.8 Å². The molecule has 0 aromatic heterocycles. The molecule has 0 heterocycles. The Morgan fingerprint density at radius 3 is 2.31 bits per heavy atom. The van der Waals surface area contributed by atoms with Crippen molar-refractivity contribution in [3.05, 3.63) is 11.6 Å². The summed E-state index contributed by atoms with van der Waals surface area (Å²) in [5.41, 5.74) is 1.14. The van der Waals surface area contributed by atoms with Crippen molar-refractivity contribution in [1.29, 1.82) is 0 Å². The molecule has 0 aromatic carbocycles. The second-order valence-corrected chi connectivity index (χ2v) is 4.61. The third-order valence-corrected chi connectivity index (χ3v) is 3.22. The SMILES string of the molecule is CC(=CC1CCC(C)CC1)C(C)O. The zero-order chi connectivity index (χ0) is 9.84. The quantitative estimate of drug-likeness (QED) is 0.650. The monoisotopic (exact) mass is 182 g/mol. The van der Waals surface area contributed by atoms with E-state index >= 15 is 0 Å². The molecule has 0 spiro atoms. The van der Waals surface area contributed by atoms with Crippen LogP contribution in [-0.4, -0.2) is 11.2 Å². The molecule has 13 heavy (non-hydrogen) atoms. The van der Waals surface area contributed by atoms with Crippen LogP contribution in [0.5, 0.6) is 0 Å². The molecule has 1 rings (SSSR count). The summed E-state index contributed by atoms with van der Waals surface area (Å²) in [4.78, 5) is 0. The second kappa shape index (κ2) is 4.80. The lowest BCUT2D eigenvalue weighted by Gasteiger charge is -2.24. The largest absolute Gasteiger partial charge is 0.389 e. The minimum Gasteiger partial charge on any atom is -0.389 e. The third-order valence-electron chi connectivity index (χ3n) is 3.22. The van der Waals surface area contributed by atoms with Gasteiger partial charge in [-0.25, -0.2) is 0 Å². The highest BCUT2D eigenvalue weighted by molar-refractivity contribution is 5.05. The Balaban J connectivity index is 2.41. The zero-order valence-corrected chi connectivity index (χ0v) is 9.09. The Hall–Kier alpha value is -0.300. The van der Waals surface area contributed by atoms with Crippen molar-refractivity contribution in [3.63, 3.8) is 0 Å². The molecule has 1 unspecified atom stereocenters. The van der Waals surface area contributed by atoms with Crippen molar-refractivity contribution >= 4 is 0 Å². The molecule has 1 atom stereocenters. The van der Waals surface area contributed by atoms with E-state index in [1.807, 2.05) is 13.8 Å². The summed E-state index contributed by atoms with van der Waals surface area (Å²) in [5.74, 6) is 1.64. The van der Waals surface area contributed by atoms with Crippen LogP contribution in [0.1, 0.15) is 46.5 Å². The molecule has 1 aliphatic carbocycles. The Labute approximate surface area is 81.9 Å². The number of aliphatic hydroxyl groups is 1. The fraction of sp³-hybridized carbons (Fsp3) is 0.833. The molecule has 1 fully saturated rings. The third kappa shape index (κ3) is 3.51. The Kier molecular flexibility index (Phi) is 3.98. The van der Waals surface area contributed by atoms with Gasteiger partial charge in [-0.1, -0.05) is 25.8 Å². The Bertz CT molecular complexity index is 174. The average molecular weight is 182 g/mol. The standard InChI is InChI=1S/C12H22O/c1-9-4-6-12(7-5-9)8-10(2)11(3)13/h8-9,11-13H,4-7H2,1-3H3. The fourth-order valence-corrected chi connectivity index (χ4v) is 1.96. The van der Waals surface area contributed by atoms with Crippen LogP contribution in [0.15, 0.2) is 11.6 Å². The van der Waals surface area contributed by atoms with E-state index in [0.29, 0.717) is 0 Å². The van der Waals surface area contributed by atoms with Gasteiger partial charge < -0.3 is 5.11 Å². The normalized spacial score (nSPS) is 33.1. The van der Waals surface area contributed by atoms with Crippen LogP contribution in [0.4, 0.5) is 0 Å². The predicted molar refractivity (Wildman–Crippen MR) is 56.6 cm³/mol. The smallest absolute Gasteiger partial charge is 0.0719 e. The number of allylic oxidation sites excluding steroid dienone is 1. The maximum atomic E-state index is 9.34. The first-order valence-corrected chi connectivity index (χ1v) is 5.46. The molecule has 1 N–H and O–H groups in total. The van der Waals surface area contributed by atoms with Crippen LogP contribution < -0.4 is 0 Å². The van der Waals surface area contributed by atoms with Gasteiger partial charge in [-0.15, -0.1) is 0 Å². The first kappa shape index (κ1) is 10.8. The van der Waals surface area contributed by atoms with Gasteiger partial charge in [-0.05, 0) is 44.1 Å².